The molecule has 1 aromatic rings. The molecule has 2 fully saturated rings. The predicted molar refractivity (Wildman–Crippen MR) is 90.9 cm³/mol. The average molecular weight is 401 g/mol. The van der Waals surface area contributed by atoms with Crippen molar-refractivity contribution in [3.8, 4) is 0 Å². The molecular formula is C14H15N3O7S2. The summed E-state index contributed by atoms with van der Waals surface area (Å²) in [5, 5.41) is 19.4. The molecule has 2 aliphatic heterocycles. The van der Waals surface area contributed by atoms with Gasteiger partial charge in [-0.15, -0.1) is 11.8 Å². The van der Waals surface area contributed by atoms with Crippen LogP contribution in [0.3, 0.4) is 0 Å². The lowest BCUT2D eigenvalue weighted by molar-refractivity contribution is -0.384. The molecule has 1 amide bonds. The van der Waals surface area contributed by atoms with Crippen LogP contribution in [0.2, 0.25) is 0 Å². The van der Waals surface area contributed by atoms with Gasteiger partial charge in [0.1, 0.15) is 17.5 Å². The van der Waals surface area contributed by atoms with Crippen LogP contribution < -0.4 is 4.72 Å². The fourth-order valence-electron chi connectivity index (χ4n) is 3.10. The minimum Gasteiger partial charge on any atom is -0.480 e. The van der Waals surface area contributed by atoms with Crippen molar-refractivity contribution in [3.63, 3.8) is 0 Å². The number of benzene rings is 1. The van der Waals surface area contributed by atoms with Crippen LogP contribution >= 0.6 is 11.8 Å². The van der Waals surface area contributed by atoms with Crippen molar-refractivity contribution >= 4 is 39.3 Å². The number of non-ortho nitro benzene ring substituents is 1. The Balaban J connectivity index is 1.81. The topological polar surface area (TPSA) is 147 Å². The Morgan fingerprint density at radius 1 is 1.35 bits per heavy atom. The van der Waals surface area contributed by atoms with Gasteiger partial charge in [0, 0.05) is 16.9 Å². The fourth-order valence-corrected chi connectivity index (χ4v) is 6.01. The number of carboxylic acid groups (broad SMARTS) is 1. The van der Waals surface area contributed by atoms with Crippen LogP contribution in [0.15, 0.2) is 29.2 Å². The summed E-state index contributed by atoms with van der Waals surface area (Å²) in [4.78, 5) is 34.7. The van der Waals surface area contributed by atoms with Crippen LogP contribution in [0.1, 0.15) is 13.8 Å². The Morgan fingerprint density at radius 3 is 2.42 bits per heavy atom. The molecule has 2 aliphatic rings. The average Bonchev–Trinajstić information content (AvgIpc) is 2.81. The summed E-state index contributed by atoms with van der Waals surface area (Å²) in [6.45, 7) is 3.37. The molecule has 3 unspecified atom stereocenters. The van der Waals surface area contributed by atoms with Gasteiger partial charge in [0.25, 0.3) is 5.69 Å². The zero-order valence-electron chi connectivity index (χ0n) is 13.6. The standard InChI is InChI=1S/C14H15N3O7S2/c1-14(2)10(13(19)20)16-11(18)9(12(16)25-14)15-26(23,24)8-5-3-7(4-6-8)17(21)22/h3-6,9-10,12,15H,1-2H3,(H,19,20). The first-order chi connectivity index (χ1) is 12.0. The number of sulfonamides is 1. The van der Waals surface area contributed by atoms with Crippen molar-refractivity contribution in [2.24, 2.45) is 0 Å². The summed E-state index contributed by atoms with van der Waals surface area (Å²) in [6.07, 6.45) is 0. The monoisotopic (exact) mass is 401 g/mol. The molecule has 2 heterocycles. The minimum absolute atomic E-state index is 0.216. The Morgan fingerprint density at radius 2 is 1.92 bits per heavy atom. The lowest BCUT2D eigenvalue weighted by Crippen LogP contribution is -2.70. The van der Waals surface area contributed by atoms with Gasteiger partial charge in [-0.05, 0) is 26.0 Å². The number of aliphatic carboxylic acids is 1. The number of β-lactam (4-membered cyclic amide) rings is 1. The van der Waals surface area contributed by atoms with Crippen LogP contribution in [0.5, 0.6) is 0 Å². The summed E-state index contributed by atoms with van der Waals surface area (Å²) < 4.78 is 26.4. The van der Waals surface area contributed by atoms with Crippen molar-refractivity contribution in [2.75, 3.05) is 0 Å². The van der Waals surface area contributed by atoms with E-state index in [0.29, 0.717) is 0 Å². The lowest BCUT2D eigenvalue weighted by Gasteiger charge is -2.43. The maximum atomic E-state index is 12.5. The summed E-state index contributed by atoms with van der Waals surface area (Å²) in [6, 6.07) is 2.14. The minimum atomic E-state index is -4.09. The molecule has 1 aromatic carbocycles. The smallest absolute Gasteiger partial charge is 0.327 e. The zero-order chi connectivity index (χ0) is 19.4. The Bertz CT molecular complexity index is 898. The predicted octanol–water partition coefficient (Wildman–Crippen LogP) is 0.389. The normalized spacial score (nSPS) is 26.9. The largest absolute Gasteiger partial charge is 0.480 e. The van der Waals surface area contributed by atoms with Crippen LogP contribution in [-0.4, -0.2) is 57.4 Å². The molecule has 2 saturated heterocycles. The third-order valence-corrected chi connectivity index (χ3v) is 7.34. The Kier molecular flexibility index (Phi) is 4.24. The molecule has 0 bridgehead atoms. The number of nitro groups is 1. The quantitative estimate of drug-likeness (QED) is 0.409. The molecule has 26 heavy (non-hydrogen) atoms. The number of amides is 1. The van der Waals surface area contributed by atoms with E-state index in [1.165, 1.54) is 16.7 Å². The second kappa shape index (κ2) is 5.93. The molecular weight excluding hydrogens is 386 g/mol. The number of hydrogen-bond donors (Lipinski definition) is 2. The van der Waals surface area contributed by atoms with E-state index >= 15 is 0 Å². The number of carbonyl (C=O) groups excluding carboxylic acids is 1. The number of nitro benzene ring substituents is 1. The number of nitrogens with zero attached hydrogens (tertiary/aromatic N) is 2. The summed E-state index contributed by atoms with van der Waals surface area (Å²) in [5.74, 6) is -1.75. The van der Waals surface area contributed by atoms with Gasteiger partial charge in [-0.1, -0.05) is 0 Å². The van der Waals surface area contributed by atoms with Crippen LogP contribution in [0, 0.1) is 10.1 Å². The van der Waals surface area contributed by atoms with Crippen LogP contribution in [0.4, 0.5) is 5.69 Å². The van der Waals surface area contributed by atoms with E-state index in [-0.39, 0.29) is 10.6 Å². The van der Waals surface area contributed by atoms with Crippen molar-refractivity contribution in [2.45, 2.75) is 40.9 Å². The molecule has 0 aromatic heterocycles. The van der Waals surface area contributed by atoms with Crippen molar-refractivity contribution in [1.29, 1.82) is 0 Å². The zero-order valence-corrected chi connectivity index (χ0v) is 15.3. The van der Waals surface area contributed by atoms with Gasteiger partial charge >= 0.3 is 5.97 Å². The highest BCUT2D eigenvalue weighted by molar-refractivity contribution is 8.01. The molecule has 3 atom stereocenters. The molecule has 0 saturated carbocycles. The summed E-state index contributed by atoms with van der Waals surface area (Å²) in [7, 11) is -4.09. The van der Waals surface area contributed by atoms with E-state index in [9.17, 15) is 33.2 Å². The van der Waals surface area contributed by atoms with Gasteiger partial charge in [0.15, 0.2) is 0 Å². The third kappa shape index (κ3) is 2.83. The second-order valence-corrected chi connectivity index (χ2v) is 9.93. The van der Waals surface area contributed by atoms with Gasteiger partial charge in [0.2, 0.25) is 15.9 Å². The number of carboxylic acids is 1. The summed E-state index contributed by atoms with van der Waals surface area (Å²) in [5.41, 5.74) is -0.257. The number of rotatable bonds is 5. The first-order valence-corrected chi connectivity index (χ1v) is 9.81. The number of thioether (sulfide) groups is 1. The molecule has 140 valence electrons. The van der Waals surface area contributed by atoms with Gasteiger partial charge in [-0.3, -0.25) is 14.9 Å². The summed E-state index contributed by atoms with van der Waals surface area (Å²) >= 11 is 1.22. The van der Waals surface area contributed by atoms with Gasteiger partial charge in [-0.2, -0.15) is 4.72 Å². The van der Waals surface area contributed by atoms with E-state index in [0.717, 1.165) is 24.3 Å². The molecule has 2 N–H and O–H groups in total. The van der Waals surface area contributed by atoms with Crippen LogP contribution in [0.25, 0.3) is 0 Å². The van der Waals surface area contributed by atoms with Gasteiger partial charge in [0.05, 0.1) is 9.82 Å². The SMILES string of the molecule is CC1(C)SC2C(NS(=O)(=O)c3ccc([N+](=O)[O-])cc3)C(=O)N2C1C(=O)O. The molecule has 3 rings (SSSR count). The van der Waals surface area contributed by atoms with Crippen molar-refractivity contribution in [3.05, 3.63) is 34.4 Å². The Hall–Kier alpha value is -2.18. The van der Waals surface area contributed by atoms with E-state index in [2.05, 4.69) is 4.72 Å². The van der Waals surface area contributed by atoms with Gasteiger partial charge in [-0.25, -0.2) is 13.2 Å². The number of fused-ring (bicyclic) bond motifs is 1. The fraction of sp³-hybridized carbons (Fsp3) is 0.429. The van der Waals surface area contributed by atoms with Crippen LogP contribution in [-0.2, 0) is 19.6 Å². The molecule has 0 radical (unpaired) electrons. The highest BCUT2D eigenvalue weighted by Gasteiger charge is 2.64. The molecule has 10 nitrogen and oxygen atoms in total. The maximum Gasteiger partial charge on any atom is 0.327 e. The molecule has 0 aliphatic carbocycles. The maximum absolute atomic E-state index is 12.5. The highest BCUT2D eigenvalue weighted by Crippen LogP contribution is 2.50. The first kappa shape index (κ1) is 18.6. The van der Waals surface area contributed by atoms with Crippen molar-refractivity contribution < 1.29 is 28.0 Å². The number of carbonyl (C=O) groups is 2. The van der Waals surface area contributed by atoms with E-state index in [4.69, 9.17) is 0 Å². The van der Waals surface area contributed by atoms with Gasteiger partial charge < -0.3 is 10.0 Å². The highest BCUT2D eigenvalue weighted by atomic mass is 32.2. The molecule has 0 spiro atoms. The molecule has 12 heteroatoms. The van der Waals surface area contributed by atoms with E-state index in [1.807, 2.05) is 0 Å². The van der Waals surface area contributed by atoms with E-state index in [1.54, 1.807) is 13.8 Å². The van der Waals surface area contributed by atoms with E-state index < -0.39 is 49.0 Å². The second-order valence-electron chi connectivity index (χ2n) is 6.45. The third-order valence-electron chi connectivity index (χ3n) is 4.31. The Labute approximate surface area is 152 Å². The number of nitrogens with one attached hydrogen (secondary N) is 1. The van der Waals surface area contributed by atoms with Crippen molar-refractivity contribution in [1.82, 2.24) is 9.62 Å². The lowest BCUT2D eigenvalue weighted by atomic mass is 9.96. The number of hydrogen-bond acceptors (Lipinski definition) is 7. The first-order valence-electron chi connectivity index (χ1n) is 7.45.